The zero-order valence-electron chi connectivity index (χ0n) is 18.0. The second-order valence-corrected chi connectivity index (χ2v) is 7.46. The topological polar surface area (TPSA) is 88.4 Å². The molecule has 0 saturated carbocycles. The van der Waals surface area contributed by atoms with E-state index in [1.165, 1.54) is 5.57 Å². The molecule has 3 rings (SSSR count). The number of anilines is 1. The van der Waals surface area contributed by atoms with Gasteiger partial charge in [0.05, 0.1) is 13.7 Å². The fourth-order valence-corrected chi connectivity index (χ4v) is 3.03. The lowest BCUT2D eigenvalue weighted by Gasteiger charge is -2.21. The maximum atomic E-state index is 11.1. The smallest absolute Gasteiger partial charge is 0.257 e. The van der Waals surface area contributed by atoms with Gasteiger partial charge in [0.1, 0.15) is 6.29 Å². The Morgan fingerprint density at radius 1 is 1.23 bits per heavy atom. The number of aldehydes is 1. The largest absolute Gasteiger partial charge is 0.481 e. The number of nitrogens with zero attached hydrogens (tertiary/aromatic N) is 6. The van der Waals surface area contributed by atoms with Crippen molar-refractivity contribution in [3.05, 3.63) is 36.1 Å². The number of carbonyl (C=O) groups excluding carboxylic acids is 1. The minimum absolute atomic E-state index is 0.242. The molecule has 1 aliphatic carbocycles. The molecule has 0 unspecified atom stereocenters. The minimum atomic E-state index is 0.242. The number of hydrazine groups is 1. The summed E-state index contributed by atoms with van der Waals surface area (Å²) in [7, 11) is 5.57. The van der Waals surface area contributed by atoms with Crippen molar-refractivity contribution in [2.24, 2.45) is 0 Å². The first-order valence-corrected chi connectivity index (χ1v) is 9.94. The highest BCUT2D eigenvalue weighted by molar-refractivity contribution is 5.64. The van der Waals surface area contributed by atoms with Gasteiger partial charge in [-0.2, -0.15) is 4.98 Å². The van der Waals surface area contributed by atoms with Crippen LogP contribution in [0.25, 0.3) is 17.1 Å². The molecule has 2 heterocycles. The molecule has 30 heavy (non-hydrogen) atoms. The van der Waals surface area contributed by atoms with Crippen LogP contribution in [0.3, 0.4) is 0 Å². The van der Waals surface area contributed by atoms with Crippen LogP contribution >= 0.6 is 0 Å². The molecule has 0 aromatic carbocycles. The van der Waals surface area contributed by atoms with Gasteiger partial charge in [-0.1, -0.05) is 11.6 Å². The number of rotatable bonds is 10. The van der Waals surface area contributed by atoms with E-state index in [2.05, 4.69) is 34.4 Å². The number of aromatic nitrogens is 4. The number of hydrogen-bond donors (Lipinski definition) is 1. The Kier molecular flexibility index (Phi) is 7.31. The van der Waals surface area contributed by atoms with Gasteiger partial charge in [-0.05, 0) is 46.0 Å². The van der Waals surface area contributed by atoms with Crippen LogP contribution in [-0.4, -0.2) is 76.8 Å². The Balaban J connectivity index is 1.93. The molecule has 0 spiro atoms. The Morgan fingerprint density at radius 3 is 2.67 bits per heavy atom. The molecule has 1 N–H and O–H groups in total. The molecule has 0 aliphatic heterocycles. The standard InChI is InChI=1S/C21H29N7O2/c1-16-5-8-18(9-6-16)28-20(17-7-10-19(30-4)22-15-17)23-21(25-28)24-27(13-14-29)12-11-26(2)3/h5,7-8,10,14-15H,6,9,11-13H2,1-4H3,(H,24,25). The molecular formula is C21H29N7O2. The average Bonchev–Trinajstić information content (AvgIpc) is 3.16. The van der Waals surface area contributed by atoms with Crippen LogP contribution in [-0.2, 0) is 4.79 Å². The van der Waals surface area contributed by atoms with Crippen molar-refractivity contribution in [3.8, 4) is 17.3 Å². The molecule has 0 atom stereocenters. The first-order valence-electron chi connectivity index (χ1n) is 9.94. The summed E-state index contributed by atoms with van der Waals surface area (Å²) in [6.07, 6.45) is 8.63. The van der Waals surface area contributed by atoms with E-state index in [4.69, 9.17) is 14.8 Å². The fourth-order valence-electron chi connectivity index (χ4n) is 3.03. The quantitative estimate of drug-likeness (QED) is 0.471. The average molecular weight is 412 g/mol. The van der Waals surface area contributed by atoms with Crippen molar-refractivity contribution in [3.63, 3.8) is 0 Å². The number of carbonyl (C=O) groups is 1. The Hall–Kier alpha value is -3.04. The third-order valence-corrected chi connectivity index (χ3v) is 4.79. The van der Waals surface area contributed by atoms with Gasteiger partial charge in [-0.15, -0.1) is 5.10 Å². The molecule has 0 radical (unpaired) electrons. The van der Waals surface area contributed by atoms with Gasteiger partial charge in [0, 0.05) is 36.6 Å². The molecule has 9 nitrogen and oxygen atoms in total. The number of allylic oxidation sites excluding steroid dienone is 4. The summed E-state index contributed by atoms with van der Waals surface area (Å²) in [5.74, 6) is 1.67. The third-order valence-electron chi connectivity index (χ3n) is 4.79. The zero-order valence-corrected chi connectivity index (χ0v) is 18.0. The Bertz CT molecular complexity index is 916. The van der Waals surface area contributed by atoms with Crippen LogP contribution in [0.2, 0.25) is 0 Å². The van der Waals surface area contributed by atoms with Crippen molar-refractivity contribution < 1.29 is 9.53 Å². The van der Waals surface area contributed by atoms with Crippen molar-refractivity contribution in [2.75, 3.05) is 46.3 Å². The third kappa shape index (κ3) is 5.52. The van der Waals surface area contributed by atoms with Gasteiger partial charge in [0.25, 0.3) is 5.95 Å². The maximum Gasteiger partial charge on any atom is 0.257 e. The van der Waals surface area contributed by atoms with E-state index >= 15 is 0 Å². The van der Waals surface area contributed by atoms with Crippen LogP contribution in [0.4, 0.5) is 5.95 Å². The fraction of sp³-hybridized carbons (Fsp3) is 0.429. The molecule has 9 heteroatoms. The van der Waals surface area contributed by atoms with Crippen molar-refractivity contribution >= 4 is 17.9 Å². The van der Waals surface area contributed by atoms with Gasteiger partial charge in [0.15, 0.2) is 5.82 Å². The molecule has 2 aromatic rings. The highest BCUT2D eigenvalue weighted by Gasteiger charge is 2.18. The predicted octanol–water partition coefficient (Wildman–Crippen LogP) is 2.32. The number of nitrogens with one attached hydrogen (secondary N) is 1. The lowest BCUT2D eigenvalue weighted by atomic mass is 10.0. The highest BCUT2D eigenvalue weighted by Crippen LogP contribution is 2.28. The number of methoxy groups -OCH3 is 1. The van der Waals surface area contributed by atoms with Crippen molar-refractivity contribution in [1.29, 1.82) is 0 Å². The van der Waals surface area contributed by atoms with Gasteiger partial charge in [0.2, 0.25) is 5.88 Å². The Morgan fingerprint density at radius 2 is 2.07 bits per heavy atom. The van der Waals surface area contributed by atoms with Crippen LogP contribution in [0.1, 0.15) is 19.8 Å². The molecule has 0 saturated heterocycles. The van der Waals surface area contributed by atoms with E-state index in [9.17, 15) is 4.79 Å². The van der Waals surface area contributed by atoms with E-state index < -0.39 is 0 Å². The second kappa shape index (κ2) is 10.1. The van der Waals surface area contributed by atoms with Crippen LogP contribution in [0, 0.1) is 0 Å². The number of likely N-dealkylation sites (N-methyl/N-ethyl adjacent to an activating group) is 1. The van der Waals surface area contributed by atoms with Crippen LogP contribution in [0.15, 0.2) is 36.1 Å². The van der Waals surface area contributed by atoms with E-state index in [0.29, 0.717) is 24.2 Å². The summed E-state index contributed by atoms with van der Waals surface area (Å²) in [5.41, 5.74) is 6.41. The monoisotopic (exact) mass is 411 g/mol. The van der Waals surface area contributed by atoms with E-state index in [0.717, 1.165) is 36.9 Å². The summed E-state index contributed by atoms with van der Waals surface area (Å²) in [6, 6.07) is 3.71. The zero-order chi connectivity index (χ0) is 21.5. The maximum absolute atomic E-state index is 11.1. The van der Waals surface area contributed by atoms with Crippen LogP contribution < -0.4 is 10.2 Å². The highest BCUT2D eigenvalue weighted by atomic mass is 16.5. The first kappa shape index (κ1) is 21.7. The molecule has 0 amide bonds. The van der Waals surface area contributed by atoms with Crippen molar-refractivity contribution in [1.82, 2.24) is 29.7 Å². The minimum Gasteiger partial charge on any atom is -0.481 e. The predicted molar refractivity (Wildman–Crippen MR) is 117 cm³/mol. The lowest BCUT2D eigenvalue weighted by molar-refractivity contribution is -0.108. The first-order chi connectivity index (χ1) is 14.5. The van der Waals surface area contributed by atoms with E-state index in [1.54, 1.807) is 19.4 Å². The summed E-state index contributed by atoms with van der Waals surface area (Å²) in [6.45, 7) is 3.82. The lowest BCUT2D eigenvalue weighted by Crippen LogP contribution is -2.37. The summed E-state index contributed by atoms with van der Waals surface area (Å²) in [4.78, 5) is 22.2. The summed E-state index contributed by atoms with van der Waals surface area (Å²) in [5, 5.41) is 6.50. The van der Waals surface area contributed by atoms with Gasteiger partial charge < -0.3 is 14.4 Å². The summed E-state index contributed by atoms with van der Waals surface area (Å²) >= 11 is 0. The molecule has 0 bridgehead atoms. The molecule has 0 fully saturated rings. The Labute approximate surface area is 177 Å². The number of hydrogen-bond acceptors (Lipinski definition) is 8. The molecule has 1 aliphatic rings. The second-order valence-electron chi connectivity index (χ2n) is 7.46. The van der Waals surface area contributed by atoms with Gasteiger partial charge in [-0.25, -0.2) is 14.7 Å². The SMILES string of the molecule is COc1ccc(-c2nc(NN(CC=O)CCN(C)C)nn2C2=CC=C(C)CC2)cn1. The molecule has 160 valence electrons. The van der Waals surface area contributed by atoms with Gasteiger partial charge in [-0.3, -0.25) is 5.43 Å². The number of ether oxygens (including phenoxy) is 1. The van der Waals surface area contributed by atoms with Gasteiger partial charge >= 0.3 is 0 Å². The normalized spacial score (nSPS) is 13.9. The van der Waals surface area contributed by atoms with Crippen LogP contribution in [0.5, 0.6) is 5.88 Å². The molecular weight excluding hydrogens is 382 g/mol. The van der Waals surface area contributed by atoms with E-state index in [1.807, 2.05) is 29.9 Å². The van der Waals surface area contributed by atoms with E-state index in [-0.39, 0.29) is 6.54 Å². The summed E-state index contributed by atoms with van der Waals surface area (Å²) < 4.78 is 7.01. The molecule has 2 aromatic heterocycles. The number of pyridine rings is 1. The van der Waals surface area contributed by atoms with Crippen molar-refractivity contribution in [2.45, 2.75) is 19.8 Å².